The monoisotopic (exact) mass is 123 g/mol. The topological polar surface area (TPSA) is 23.1 Å². The second-order valence-corrected chi connectivity index (χ2v) is 2.36. The maximum atomic E-state index is 10.6. The highest BCUT2D eigenvalue weighted by atomic mass is 35.5. The summed E-state index contributed by atoms with van der Waals surface area (Å²) in [4.78, 5) is 0. The van der Waals surface area contributed by atoms with Crippen LogP contribution in [0.15, 0.2) is 0 Å². The number of nitrogens with zero attached hydrogens (tertiary/aromatic N) is 1. The van der Waals surface area contributed by atoms with E-state index in [-0.39, 0.29) is 4.65 Å². The largest absolute Gasteiger partial charge is 0.633 e. The lowest BCUT2D eigenvalue weighted by Gasteiger charge is -2.32. The fourth-order valence-corrected chi connectivity index (χ4v) is 0.611. The van der Waals surface area contributed by atoms with E-state index in [0.717, 1.165) is 0 Å². The van der Waals surface area contributed by atoms with E-state index in [1.54, 1.807) is 14.1 Å². The fraction of sp³-hybridized carbons (Fsp3) is 1.00. The summed E-state index contributed by atoms with van der Waals surface area (Å²) in [6, 6.07) is 0. The molecule has 0 N–H and O–H groups in total. The SMILES string of the molecule is C[N+](C)([O-])CCCl. The summed E-state index contributed by atoms with van der Waals surface area (Å²) in [6.07, 6.45) is 0. The number of quaternary nitrogens is 1. The Morgan fingerprint density at radius 1 is 1.57 bits per heavy atom. The van der Waals surface area contributed by atoms with Crippen molar-refractivity contribution in [3.8, 4) is 0 Å². The number of rotatable bonds is 2. The third-order valence-corrected chi connectivity index (χ3v) is 0.792. The Morgan fingerprint density at radius 3 is 2.00 bits per heavy atom. The van der Waals surface area contributed by atoms with Crippen LogP contribution >= 0.6 is 11.6 Å². The Hall–Kier alpha value is 0.210. The zero-order chi connectivity index (χ0) is 5.91. The molecule has 0 spiro atoms. The van der Waals surface area contributed by atoms with Gasteiger partial charge in [-0.3, -0.25) is 0 Å². The molecule has 0 saturated carbocycles. The van der Waals surface area contributed by atoms with Crippen molar-refractivity contribution in [3.05, 3.63) is 5.21 Å². The predicted octanol–water partition coefficient (Wildman–Crippen LogP) is 0.799. The second kappa shape index (κ2) is 2.50. The number of hydroxylamine groups is 3. The molecule has 0 radical (unpaired) electrons. The molecule has 3 heteroatoms. The molecular formula is C4H10ClNO. The van der Waals surface area contributed by atoms with Gasteiger partial charge in [0, 0.05) is 0 Å². The molecule has 0 aromatic carbocycles. The lowest BCUT2D eigenvalue weighted by molar-refractivity contribution is -0.837. The lowest BCUT2D eigenvalue weighted by Crippen LogP contribution is -2.33. The van der Waals surface area contributed by atoms with Gasteiger partial charge in [-0.2, -0.15) is 0 Å². The van der Waals surface area contributed by atoms with Crippen LogP contribution in [0.25, 0.3) is 0 Å². The van der Waals surface area contributed by atoms with Crippen molar-refractivity contribution in [1.82, 2.24) is 0 Å². The zero-order valence-corrected chi connectivity index (χ0v) is 5.40. The van der Waals surface area contributed by atoms with Crippen LogP contribution in [0, 0.1) is 5.21 Å². The molecule has 0 amide bonds. The van der Waals surface area contributed by atoms with Gasteiger partial charge in [0.05, 0.1) is 26.5 Å². The van der Waals surface area contributed by atoms with Gasteiger partial charge in [0.2, 0.25) is 0 Å². The summed E-state index contributed by atoms with van der Waals surface area (Å²) in [5, 5.41) is 10.6. The zero-order valence-electron chi connectivity index (χ0n) is 4.65. The van der Waals surface area contributed by atoms with Gasteiger partial charge in [-0.05, 0) is 0 Å². The molecule has 0 aromatic rings. The molecule has 0 aromatic heterocycles. The Bertz CT molecular complexity index is 50.1. The minimum absolute atomic E-state index is 0.288. The molecule has 0 aliphatic heterocycles. The number of hydrogen-bond donors (Lipinski definition) is 0. The van der Waals surface area contributed by atoms with Crippen molar-refractivity contribution in [1.29, 1.82) is 0 Å². The highest BCUT2D eigenvalue weighted by Crippen LogP contribution is 1.90. The predicted molar refractivity (Wildman–Crippen MR) is 31.1 cm³/mol. The van der Waals surface area contributed by atoms with Crippen molar-refractivity contribution >= 4 is 11.6 Å². The Morgan fingerprint density at radius 2 is 2.00 bits per heavy atom. The van der Waals surface area contributed by atoms with Gasteiger partial charge in [0.15, 0.2) is 0 Å². The first-order valence-corrected chi connectivity index (χ1v) is 2.70. The Kier molecular flexibility index (Phi) is 2.58. The van der Waals surface area contributed by atoms with Crippen LogP contribution in [0.2, 0.25) is 0 Å². The van der Waals surface area contributed by atoms with Crippen LogP contribution in [0.4, 0.5) is 0 Å². The van der Waals surface area contributed by atoms with Gasteiger partial charge in [-0.25, -0.2) is 0 Å². The summed E-state index contributed by atoms with van der Waals surface area (Å²) in [7, 11) is 3.14. The van der Waals surface area contributed by atoms with Crippen LogP contribution in [0.3, 0.4) is 0 Å². The first kappa shape index (κ1) is 7.21. The maximum Gasteiger partial charge on any atom is 0.0917 e. The van der Waals surface area contributed by atoms with Gasteiger partial charge in [0.1, 0.15) is 0 Å². The van der Waals surface area contributed by atoms with Gasteiger partial charge in [0.25, 0.3) is 0 Å². The maximum absolute atomic E-state index is 10.6. The summed E-state index contributed by atoms with van der Waals surface area (Å²) in [6.45, 7) is 0.488. The van der Waals surface area contributed by atoms with Crippen LogP contribution in [0.5, 0.6) is 0 Å². The van der Waals surface area contributed by atoms with Crippen LogP contribution in [-0.4, -0.2) is 31.2 Å². The van der Waals surface area contributed by atoms with E-state index in [2.05, 4.69) is 0 Å². The van der Waals surface area contributed by atoms with Crippen molar-refractivity contribution in [2.45, 2.75) is 0 Å². The van der Waals surface area contributed by atoms with Crippen LogP contribution < -0.4 is 0 Å². The Balaban J connectivity index is 3.15. The van der Waals surface area contributed by atoms with Crippen LogP contribution in [-0.2, 0) is 0 Å². The van der Waals surface area contributed by atoms with Crippen molar-refractivity contribution in [3.63, 3.8) is 0 Å². The van der Waals surface area contributed by atoms with Gasteiger partial charge < -0.3 is 9.85 Å². The van der Waals surface area contributed by atoms with E-state index in [1.165, 1.54) is 0 Å². The molecule has 0 fully saturated rings. The third kappa shape index (κ3) is 6.21. The molecule has 7 heavy (non-hydrogen) atoms. The first-order chi connectivity index (χ1) is 3.06. The van der Waals surface area contributed by atoms with E-state index in [4.69, 9.17) is 11.6 Å². The Labute approximate surface area is 48.9 Å². The van der Waals surface area contributed by atoms with Crippen molar-refractivity contribution in [2.24, 2.45) is 0 Å². The molecule has 0 heterocycles. The average Bonchev–Trinajstić information content (AvgIpc) is 1.30. The second-order valence-electron chi connectivity index (χ2n) is 1.99. The highest BCUT2D eigenvalue weighted by molar-refractivity contribution is 6.17. The molecule has 0 rings (SSSR count). The molecule has 0 aliphatic carbocycles. The quantitative estimate of drug-likeness (QED) is 0.303. The first-order valence-electron chi connectivity index (χ1n) is 2.16. The minimum Gasteiger partial charge on any atom is -0.633 e. The average molecular weight is 124 g/mol. The van der Waals surface area contributed by atoms with Crippen molar-refractivity contribution in [2.75, 3.05) is 26.5 Å². The summed E-state index contributed by atoms with van der Waals surface area (Å²) < 4.78 is -0.288. The molecule has 0 atom stereocenters. The fourth-order valence-electron chi connectivity index (χ4n) is 0.204. The van der Waals surface area contributed by atoms with Crippen molar-refractivity contribution < 1.29 is 4.65 Å². The van der Waals surface area contributed by atoms with E-state index in [9.17, 15) is 5.21 Å². The molecule has 0 bridgehead atoms. The third-order valence-electron chi connectivity index (χ3n) is 0.623. The van der Waals surface area contributed by atoms with Crippen LogP contribution in [0.1, 0.15) is 0 Å². The smallest absolute Gasteiger partial charge is 0.0917 e. The lowest BCUT2D eigenvalue weighted by atomic mass is 10.7. The summed E-state index contributed by atoms with van der Waals surface area (Å²) in [5.41, 5.74) is 0. The molecule has 44 valence electrons. The van der Waals surface area contributed by atoms with E-state index in [1.807, 2.05) is 0 Å². The molecule has 0 aliphatic rings. The summed E-state index contributed by atoms with van der Waals surface area (Å²) in [5.74, 6) is 0.441. The van der Waals surface area contributed by atoms with E-state index in [0.29, 0.717) is 12.4 Å². The number of halogens is 1. The minimum atomic E-state index is -0.288. The number of alkyl halides is 1. The van der Waals surface area contributed by atoms with Gasteiger partial charge in [-0.1, -0.05) is 0 Å². The van der Waals surface area contributed by atoms with Gasteiger partial charge >= 0.3 is 0 Å². The van der Waals surface area contributed by atoms with Gasteiger partial charge in [-0.15, -0.1) is 11.6 Å². The normalized spacial score (nSPS) is 12.0. The van der Waals surface area contributed by atoms with E-state index >= 15 is 0 Å². The molecular weight excluding hydrogens is 114 g/mol. The standard InChI is InChI=1S/C4H10ClNO/c1-6(2,7)4-3-5/h3-4H2,1-2H3. The molecule has 2 nitrogen and oxygen atoms in total. The molecule has 0 saturated heterocycles. The number of hydrogen-bond acceptors (Lipinski definition) is 1. The molecule has 0 unspecified atom stereocenters. The highest BCUT2D eigenvalue weighted by Gasteiger charge is 1.96. The van der Waals surface area contributed by atoms with E-state index < -0.39 is 0 Å². The summed E-state index contributed by atoms with van der Waals surface area (Å²) >= 11 is 5.27.